The molecule has 4 rings (SSSR count). The summed E-state index contributed by atoms with van der Waals surface area (Å²) in [5.74, 6) is -0.600. The van der Waals surface area contributed by atoms with Gasteiger partial charge in [0.25, 0.3) is 10.0 Å². The van der Waals surface area contributed by atoms with Crippen LogP contribution in [0.4, 0.5) is 5.69 Å². The van der Waals surface area contributed by atoms with Crippen molar-refractivity contribution in [2.75, 3.05) is 17.4 Å². The minimum atomic E-state index is -4.17. The molecule has 43 heavy (non-hydrogen) atoms. The number of hydrogen-bond acceptors (Lipinski definition) is 4. The third-order valence-corrected chi connectivity index (χ3v) is 8.92. The second-order valence-electron chi connectivity index (χ2n) is 10.7. The molecule has 0 saturated heterocycles. The van der Waals surface area contributed by atoms with Gasteiger partial charge in [0, 0.05) is 24.5 Å². The number of hydrogen-bond donors (Lipinski definition) is 1. The first-order valence-electron chi connectivity index (χ1n) is 14.1. The molecule has 1 N–H and O–H groups in total. The SMILES string of the molecule is CC(C)CNC(=O)C(Cc1ccccc1)N(Cc1ccccc1)C(=O)CN(c1ccccc1)S(=O)(=O)c1ccc(Cl)cc1. The summed E-state index contributed by atoms with van der Waals surface area (Å²) >= 11 is 6.03. The molecule has 9 heteroatoms. The van der Waals surface area contributed by atoms with Gasteiger partial charge in [-0.3, -0.25) is 13.9 Å². The number of amides is 2. The van der Waals surface area contributed by atoms with Gasteiger partial charge in [0.2, 0.25) is 11.8 Å². The van der Waals surface area contributed by atoms with E-state index in [1.807, 2.05) is 74.5 Å². The number of nitrogens with one attached hydrogen (secondary N) is 1. The molecule has 7 nitrogen and oxygen atoms in total. The average molecular weight is 618 g/mol. The Balaban J connectivity index is 1.76. The van der Waals surface area contributed by atoms with Gasteiger partial charge in [0.05, 0.1) is 10.6 Å². The predicted octanol–water partition coefficient (Wildman–Crippen LogP) is 5.95. The molecule has 0 saturated carbocycles. The molecule has 1 atom stereocenters. The van der Waals surface area contributed by atoms with Crippen molar-refractivity contribution in [3.63, 3.8) is 0 Å². The Morgan fingerprint density at radius 3 is 1.86 bits per heavy atom. The molecule has 2 amide bonds. The average Bonchev–Trinajstić information content (AvgIpc) is 3.01. The van der Waals surface area contributed by atoms with Crippen molar-refractivity contribution in [1.82, 2.24) is 10.2 Å². The molecule has 4 aromatic carbocycles. The van der Waals surface area contributed by atoms with Crippen LogP contribution in [-0.4, -0.2) is 44.3 Å². The first kappa shape index (κ1) is 31.8. The molecule has 0 aliphatic carbocycles. The van der Waals surface area contributed by atoms with Gasteiger partial charge in [-0.2, -0.15) is 0 Å². The fourth-order valence-corrected chi connectivity index (χ4v) is 6.15. The lowest BCUT2D eigenvalue weighted by atomic mass is 10.0. The standard InChI is InChI=1S/C34H36ClN3O4S/c1-26(2)23-36-34(40)32(22-27-12-6-3-7-13-27)37(24-28-14-8-4-9-15-28)33(39)25-38(30-16-10-5-11-17-30)43(41,42)31-20-18-29(35)19-21-31/h3-21,26,32H,22-25H2,1-2H3,(H,36,40). The first-order valence-corrected chi connectivity index (χ1v) is 16.0. The van der Waals surface area contributed by atoms with Crippen molar-refractivity contribution in [2.45, 2.75) is 37.8 Å². The lowest BCUT2D eigenvalue weighted by Crippen LogP contribution is -2.53. The van der Waals surface area contributed by atoms with Crippen molar-refractivity contribution in [2.24, 2.45) is 5.92 Å². The molecule has 0 fully saturated rings. The van der Waals surface area contributed by atoms with Crippen LogP contribution in [0.1, 0.15) is 25.0 Å². The Morgan fingerprint density at radius 2 is 1.30 bits per heavy atom. The highest BCUT2D eigenvalue weighted by atomic mass is 35.5. The smallest absolute Gasteiger partial charge is 0.264 e. The molecule has 1 unspecified atom stereocenters. The van der Waals surface area contributed by atoms with E-state index in [2.05, 4.69) is 5.32 Å². The van der Waals surface area contributed by atoms with Crippen LogP contribution in [0, 0.1) is 5.92 Å². The second kappa shape index (κ2) is 14.8. The normalized spacial score (nSPS) is 12.0. The van der Waals surface area contributed by atoms with E-state index >= 15 is 0 Å². The lowest BCUT2D eigenvalue weighted by Gasteiger charge is -2.34. The number of halogens is 1. The topological polar surface area (TPSA) is 86.8 Å². The zero-order chi connectivity index (χ0) is 30.8. The van der Waals surface area contributed by atoms with Crippen molar-refractivity contribution in [3.8, 4) is 0 Å². The van der Waals surface area contributed by atoms with Crippen molar-refractivity contribution < 1.29 is 18.0 Å². The highest BCUT2D eigenvalue weighted by molar-refractivity contribution is 7.92. The third-order valence-electron chi connectivity index (χ3n) is 6.88. The summed E-state index contributed by atoms with van der Waals surface area (Å²) < 4.78 is 29.0. The highest BCUT2D eigenvalue weighted by Gasteiger charge is 2.34. The fourth-order valence-electron chi connectivity index (χ4n) is 4.61. The molecule has 4 aromatic rings. The fraction of sp³-hybridized carbons (Fsp3) is 0.235. The van der Waals surface area contributed by atoms with Crippen molar-refractivity contribution in [1.29, 1.82) is 0 Å². The van der Waals surface area contributed by atoms with Crippen LogP contribution in [0.5, 0.6) is 0 Å². The first-order chi connectivity index (χ1) is 20.6. The minimum Gasteiger partial charge on any atom is -0.354 e. The number of nitrogens with zero attached hydrogens (tertiary/aromatic N) is 2. The van der Waals surface area contributed by atoms with Gasteiger partial charge < -0.3 is 10.2 Å². The third kappa shape index (κ3) is 8.69. The van der Waals surface area contributed by atoms with E-state index in [4.69, 9.17) is 11.6 Å². The summed E-state index contributed by atoms with van der Waals surface area (Å²) in [7, 11) is -4.17. The van der Waals surface area contributed by atoms with Gasteiger partial charge in [0.15, 0.2) is 0 Å². The van der Waals surface area contributed by atoms with Gasteiger partial charge in [-0.15, -0.1) is 0 Å². The quantitative estimate of drug-likeness (QED) is 0.201. The van der Waals surface area contributed by atoms with Crippen LogP contribution < -0.4 is 9.62 Å². The molecule has 0 aliphatic heterocycles. The van der Waals surface area contributed by atoms with E-state index in [9.17, 15) is 18.0 Å². The summed E-state index contributed by atoms with van der Waals surface area (Å²) in [4.78, 5) is 29.6. The number of para-hydroxylation sites is 1. The van der Waals surface area contributed by atoms with E-state index in [1.165, 1.54) is 29.2 Å². The van der Waals surface area contributed by atoms with Gasteiger partial charge in [-0.25, -0.2) is 8.42 Å². The maximum atomic E-state index is 14.4. The summed E-state index contributed by atoms with van der Waals surface area (Å²) in [6.07, 6.45) is 0.263. The highest BCUT2D eigenvalue weighted by Crippen LogP contribution is 2.26. The molecule has 0 radical (unpaired) electrons. The van der Waals surface area contributed by atoms with Gasteiger partial charge in [-0.05, 0) is 53.4 Å². The van der Waals surface area contributed by atoms with E-state index < -0.39 is 28.5 Å². The molecule has 0 aliphatic rings. The maximum absolute atomic E-state index is 14.4. The van der Waals surface area contributed by atoms with Crippen LogP contribution in [0.15, 0.2) is 120 Å². The molecule has 224 valence electrons. The number of carbonyl (C=O) groups excluding carboxylic acids is 2. The van der Waals surface area contributed by atoms with Crippen LogP contribution in [0.3, 0.4) is 0 Å². The monoisotopic (exact) mass is 617 g/mol. The summed E-state index contributed by atoms with van der Waals surface area (Å²) in [6, 6.07) is 32.3. The second-order valence-corrected chi connectivity index (χ2v) is 13.0. The molecule has 0 aromatic heterocycles. The Labute approximate surface area is 259 Å². The number of rotatable bonds is 13. The van der Waals surface area contributed by atoms with Crippen molar-refractivity contribution in [3.05, 3.63) is 131 Å². The maximum Gasteiger partial charge on any atom is 0.264 e. The zero-order valence-electron chi connectivity index (χ0n) is 24.3. The predicted molar refractivity (Wildman–Crippen MR) is 171 cm³/mol. The Kier molecular flexibility index (Phi) is 11.0. The largest absolute Gasteiger partial charge is 0.354 e. The van der Waals surface area contributed by atoms with Crippen molar-refractivity contribution >= 4 is 39.1 Å². The summed E-state index contributed by atoms with van der Waals surface area (Å²) in [6.45, 7) is 4.05. The molecule has 0 spiro atoms. The Hall–Kier alpha value is -4.14. The Morgan fingerprint density at radius 1 is 0.767 bits per heavy atom. The molecular weight excluding hydrogens is 582 g/mol. The Bertz CT molecular complexity index is 1580. The molecule has 0 bridgehead atoms. The van der Waals surface area contributed by atoms with E-state index in [0.717, 1.165) is 15.4 Å². The number of carbonyl (C=O) groups is 2. The van der Waals surface area contributed by atoms with Crippen LogP contribution in [0.25, 0.3) is 0 Å². The molecule has 0 heterocycles. The minimum absolute atomic E-state index is 0.00123. The van der Waals surface area contributed by atoms with E-state index in [0.29, 0.717) is 17.3 Å². The van der Waals surface area contributed by atoms with Gasteiger partial charge in [-0.1, -0.05) is 104 Å². The van der Waals surface area contributed by atoms with Gasteiger partial charge in [0.1, 0.15) is 12.6 Å². The van der Waals surface area contributed by atoms with E-state index in [1.54, 1.807) is 30.3 Å². The van der Waals surface area contributed by atoms with E-state index in [-0.39, 0.29) is 29.7 Å². The number of anilines is 1. The number of sulfonamides is 1. The van der Waals surface area contributed by atoms with Gasteiger partial charge >= 0.3 is 0 Å². The summed E-state index contributed by atoms with van der Waals surface area (Å²) in [5.41, 5.74) is 2.03. The van der Waals surface area contributed by atoms with Crippen LogP contribution in [0.2, 0.25) is 5.02 Å². The number of benzene rings is 4. The lowest BCUT2D eigenvalue weighted by molar-refractivity contribution is -0.140. The molecular formula is C34H36ClN3O4S. The van der Waals surface area contributed by atoms with Crippen LogP contribution in [-0.2, 0) is 32.6 Å². The summed E-state index contributed by atoms with van der Waals surface area (Å²) in [5, 5.41) is 3.39. The van der Waals surface area contributed by atoms with Crippen LogP contribution >= 0.6 is 11.6 Å². The zero-order valence-corrected chi connectivity index (χ0v) is 25.8.